The Hall–Kier alpha value is -2.81. The van der Waals surface area contributed by atoms with E-state index in [1.54, 1.807) is 39.5 Å². The number of likely N-dealkylation sites (tertiary alicyclic amines) is 1. The molecule has 2 aromatic rings. The zero-order valence-corrected chi connectivity index (χ0v) is 18.9. The fourth-order valence-corrected chi connectivity index (χ4v) is 4.52. The van der Waals surface area contributed by atoms with E-state index in [9.17, 15) is 4.79 Å². The lowest BCUT2D eigenvalue weighted by Crippen LogP contribution is -2.51. The van der Waals surface area contributed by atoms with Crippen molar-refractivity contribution < 1.29 is 19.0 Å². The van der Waals surface area contributed by atoms with Crippen LogP contribution in [0, 0.1) is 0 Å². The van der Waals surface area contributed by atoms with Crippen molar-refractivity contribution >= 4 is 5.91 Å². The van der Waals surface area contributed by atoms with Gasteiger partial charge in [-0.2, -0.15) is 0 Å². The molecule has 32 heavy (non-hydrogen) atoms. The van der Waals surface area contributed by atoms with Gasteiger partial charge in [-0.25, -0.2) is 10.9 Å². The normalized spacial score (nSPS) is 21.8. The van der Waals surface area contributed by atoms with E-state index in [1.807, 2.05) is 12.1 Å². The molecule has 8 nitrogen and oxygen atoms in total. The van der Waals surface area contributed by atoms with Crippen molar-refractivity contribution in [1.29, 1.82) is 0 Å². The highest BCUT2D eigenvalue weighted by molar-refractivity contribution is 5.98. The van der Waals surface area contributed by atoms with E-state index < -0.39 is 0 Å². The maximum absolute atomic E-state index is 12.9. The number of hydrogen-bond donors (Lipinski definition) is 3. The second kappa shape index (κ2) is 10.2. The fraction of sp³-hybridized carbons (Fsp3) is 0.458. The Morgan fingerprint density at radius 2 is 1.72 bits per heavy atom. The number of carbonyl (C=O) groups is 1. The molecule has 0 radical (unpaired) electrons. The summed E-state index contributed by atoms with van der Waals surface area (Å²) >= 11 is 0. The molecule has 2 unspecified atom stereocenters. The first-order chi connectivity index (χ1) is 15.6. The van der Waals surface area contributed by atoms with Crippen molar-refractivity contribution in [3.63, 3.8) is 0 Å². The topological polar surface area (TPSA) is 84.1 Å². The van der Waals surface area contributed by atoms with Crippen molar-refractivity contribution in [2.45, 2.75) is 37.5 Å². The molecule has 2 heterocycles. The molecule has 0 saturated carbocycles. The van der Waals surface area contributed by atoms with Crippen LogP contribution in [-0.2, 0) is 0 Å². The minimum atomic E-state index is -0.126. The Labute approximate surface area is 189 Å². The largest absolute Gasteiger partial charge is 0.497 e. The maximum atomic E-state index is 12.9. The summed E-state index contributed by atoms with van der Waals surface area (Å²) in [4.78, 5) is 15.3. The standard InChI is InChI=1S/C24H32N4O4/c1-30-18-9-7-16(8-10-18)20-15-22(27-26-20)28-13-11-17(12-14-28)25-24(29)19-5-4-6-21(31-2)23(19)32-3/h4-10,17,20,22,26-27H,11-15H2,1-3H3,(H,25,29). The van der Waals surface area contributed by atoms with Gasteiger partial charge in [-0.15, -0.1) is 0 Å². The SMILES string of the molecule is COc1ccc(C2CC(N3CCC(NC(=O)c4cccc(OC)c4OC)CC3)NN2)cc1. The average molecular weight is 441 g/mol. The number of nitrogens with zero attached hydrogens (tertiary/aromatic N) is 1. The number of para-hydroxylation sites is 1. The van der Waals surface area contributed by atoms with Crippen LogP contribution in [0.1, 0.15) is 41.2 Å². The highest BCUT2D eigenvalue weighted by Crippen LogP contribution is 2.31. The number of hydrogen-bond acceptors (Lipinski definition) is 7. The van der Waals surface area contributed by atoms with Crippen LogP contribution in [0.3, 0.4) is 0 Å². The Morgan fingerprint density at radius 1 is 0.969 bits per heavy atom. The second-order valence-electron chi connectivity index (χ2n) is 8.19. The van der Waals surface area contributed by atoms with Gasteiger partial charge in [0.15, 0.2) is 11.5 Å². The monoisotopic (exact) mass is 440 g/mol. The second-order valence-corrected chi connectivity index (χ2v) is 8.19. The first kappa shape index (κ1) is 22.4. The van der Waals surface area contributed by atoms with Gasteiger partial charge < -0.3 is 19.5 Å². The molecule has 0 spiro atoms. The minimum absolute atomic E-state index is 0.126. The Bertz CT molecular complexity index is 913. The summed E-state index contributed by atoms with van der Waals surface area (Å²) in [5.41, 5.74) is 8.60. The van der Waals surface area contributed by atoms with Gasteiger partial charge in [0.1, 0.15) is 5.75 Å². The molecule has 0 aromatic heterocycles. The third kappa shape index (κ3) is 4.82. The number of nitrogens with one attached hydrogen (secondary N) is 3. The molecular formula is C24H32N4O4. The van der Waals surface area contributed by atoms with Crippen molar-refractivity contribution in [2.24, 2.45) is 0 Å². The summed E-state index contributed by atoms with van der Waals surface area (Å²) in [6.45, 7) is 1.85. The van der Waals surface area contributed by atoms with E-state index in [0.717, 1.165) is 38.1 Å². The van der Waals surface area contributed by atoms with Crippen LogP contribution in [0.4, 0.5) is 0 Å². The van der Waals surface area contributed by atoms with Crippen molar-refractivity contribution in [3.8, 4) is 17.2 Å². The van der Waals surface area contributed by atoms with Crippen LogP contribution < -0.4 is 30.4 Å². The minimum Gasteiger partial charge on any atom is -0.497 e. The predicted octanol–water partition coefficient (Wildman–Crippen LogP) is 2.47. The number of carbonyl (C=O) groups excluding carboxylic acids is 1. The third-order valence-electron chi connectivity index (χ3n) is 6.35. The van der Waals surface area contributed by atoms with Crippen molar-refractivity contribution in [1.82, 2.24) is 21.1 Å². The molecule has 2 atom stereocenters. The van der Waals surface area contributed by atoms with Gasteiger partial charge in [0.25, 0.3) is 5.91 Å². The quantitative estimate of drug-likeness (QED) is 0.610. The highest BCUT2D eigenvalue weighted by atomic mass is 16.5. The molecule has 2 aromatic carbocycles. The highest BCUT2D eigenvalue weighted by Gasteiger charge is 2.32. The molecule has 2 aliphatic rings. The first-order valence-corrected chi connectivity index (χ1v) is 11.0. The summed E-state index contributed by atoms with van der Waals surface area (Å²) in [6, 6.07) is 14.0. The molecule has 8 heteroatoms. The van der Waals surface area contributed by atoms with E-state index in [2.05, 4.69) is 33.2 Å². The number of methoxy groups -OCH3 is 3. The predicted molar refractivity (Wildman–Crippen MR) is 122 cm³/mol. The van der Waals surface area contributed by atoms with Gasteiger partial charge in [-0.1, -0.05) is 18.2 Å². The Morgan fingerprint density at radius 3 is 2.38 bits per heavy atom. The third-order valence-corrected chi connectivity index (χ3v) is 6.35. The number of amides is 1. The van der Waals surface area contributed by atoms with Crippen LogP contribution >= 0.6 is 0 Å². The van der Waals surface area contributed by atoms with Gasteiger partial charge in [0.2, 0.25) is 0 Å². The summed E-state index contributed by atoms with van der Waals surface area (Å²) in [5.74, 6) is 1.77. The lowest BCUT2D eigenvalue weighted by molar-refractivity contribution is 0.0876. The molecule has 172 valence electrons. The molecular weight excluding hydrogens is 408 g/mol. The summed E-state index contributed by atoms with van der Waals surface area (Å²) in [6.07, 6.45) is 3.08. The average Bonchev–Trinajstić information content (AvgIpc) is 3.34. The molecule has 2 saturated heterocycles. The number of ether oxygens (including phenoxy) is 3. The maximum Gasteiger partial charge on any atom is 0.255 e. The zero-order chi connectivity index (χ0) is 22.5. The number of rotatable bonds is 7. The van der Waals surface area contributed by atoms with Crippen LogP contribution in [0.15, 0.2) is 42.5 Å². The van der Waals surface area contributed by atoms with Crippen molar-refractivity contribution in [3.05, 3.63) is 53.6 Å². The Kier molecular flexibility index (Phi) is 7.14. The Balaban J connectivity index is 1.29. The van der Waals surface area contributed by atoms with Gasteiger partial charge in [-0.05, 0) is 49.1 Å². The summed E-state index contributed by atoms with van der Waals surface area (Å²) in [7, 11) is 4.80. The van der Waals surface area contributed by atoms with E-state index in [-0.39, 0.29) is 24.2 Å². The van der Waals surface area contributed by atoms with Crippen molar-refractivity contribution in [2.75, 3.05) is 34.4 Å². The summed E-state index contributed by atoms with van der Waals surface area (Å²) in [5, 5.41) is 3.17. The molecule has 3 N–H and O–H groups in total. The van der Waals surface area contributed by atoms with Gasteiger partial charge >= 0.3 is 0 Å². The zero-order valence-electron chi connectivity index (χ0n) is 18.9. The van der Waals surface area contributed by atoms with E-state index >= 15 is 0 Å². The lowest BCUT2D eigenvalue weighted by Gasteiger charge is -2.36. The molecule has 0 aliphatic carbocycles. The molecule has 4 rings (SSSR count). The fourth-order valence-electron chi connectivity index (χ4n) is 4.52. The van der Waals surface area contributed by atoms with Gasteiger partial charge in [0, 0.05) is 25.2 Å². The lowest BCUT2D eigenvalue weighted by atomic mass is 10.0. The number of hydrazine groups is 1. The molecule has 1 amide bonds. The molecule has 0 bridgehead atoms. The van der Waals surface area contributed by atoms with Crippen LogP contribution in [0.25, 0.3) is 0 Å². The van der Waals surface area contributed by atoms with E-state index in [0.29, 0.717) is 17.1 Å². The van der Waals surface area contributed by atoms with Gasteiger partial charge in [0.05, 0.1) is 33.1 Å². The van der Waals surface area contributed by atoms with Crippen LogP contribution in [0.2, 0.25) is 0 Å². The van der Waals surface area contributed by atoms with Crippen LogP contribution in [0.5, 0.6) is 17.2 Å². The summed E-state index contributed by atoms with van der Waals surface area (Å²) < 4.78 is 16.0. The smallest absolute Gasteiger partial charge is 0.255 e. The first-order valence-electron chi connectivity index (χ1n) is 11.0. The van der Waals surface area contributed by atoms with Gasteiger partial charge in [-0.3, -0.25) is 9.69 Å². The van der Waals surface area contributed by atoms with Crippen LogP contribution in [-0.4, -0.2) is 57.4 Å². The van der Waals surface area contributed by atoms with E-state index in [4.69, 9.17) is 14.2 Å². The van der Waals surface area contributed by atoms with E-state index in [1.165, 1.54) is 5.56 Å². The number of benzene rings is 2. The molecule has 2 fully saturated rings. The molecule has 2 aliphatic heterocycles. The number of piperidine rings is 1.